The van der Waals surface area contributed by atoms with Crippen LogP contribution in [0.5, 0.6) is 5.75 Å². The molecule has 5 rings (SSSR count). The van der Waals surface area contributed by atoms with E-state index in [1.807, 2.05) is 74.2 Å². The minimum atomic E-state index is -1.33. The topological polar surface area (TPSA) is 99.6 Å². The van der Waals surface area contributed by atoms with E-state index in [-0.39, 0.29) is 30.4 Å². The predicted molar refractivity (Wildman–Crippen MR) is 155 cm³/mol. The molecule has 2 saturated heterocycles. The SMILES string of the molecule is CCCC(C)N1CC=C[C@]23O[C@@]4(CC)C=CCN(c5ccc(OCC)cc5)C(=O)[C@H]4[C@H]2C(=O)N([C@H](C)CO)C3C1=O. The molecular weight excluding hydrogens is 522 g/mol. The number of rotatable bonds is 9. The van der Waals surface area contributed by atoms with Gasteiger partial charge in [-0.3, -0.25) is 14.4 Å². The number of aliphatic hydroxyl groups excluding tert-OH is 1. The number of amides is 3. The highest BCUT2D eigenvalue weighted by atomic mass is 16.5. The summed E-state index contributed by atoms with van der Waals surface area (Å²) < 4.78 is 12.6. The van der Waals surface area contributed by atoms with Crippen molar-refractivity contribution in [2.75, 3.05) is 31.2 Å². The Kier molecular flexibility index (Phi) is 8.05. The lowest BCUT2D eigenvalue weighted by molar-refractivity contribution is -0.156. The van der Waals surface area contributed by atoms with Crippen molar-refractivity contribution in [1.82, 2.24) is 9.80 Å². The van der Waals surface area contributed by atoms with Crippen LogP contribution >= 0.6 is 0 Å². The molecule has 2 fully saturated rings. The number of nitrogens with zero attached hydrogens (tertiary/aromatic N) is 3. The van der Waals surface area contributed by atoms with Crippen LogP contribution in [0.15, 0.2) is 48.6 Å². The molecule has 4 aliphatic heterocycles. The summed E-state index contributed by atoms with van der Waals surface area (Å²) in [6.45, 7) is 10.7. The van der Waals surface area contributed by atoms with Gasteiger partial charge in [-0.15, -0.1) is 0 Å². The van der Waals surface area contributed by atoms with Gasteiger partial charge in [-0.05, 0) is 57.9 Å². The molecule has 0 aliphatic carbocycles. The van der Waals surface area contributed by atoms with E-state index in [2.05, 4.69) is 6.92 Å². The zero-order chi connectivity index (χ0) is 29.5. The van der Waals surface area contributed by atoms with Gasteiger partial charge >= 0.3 is 0 Å². The van der Waals surface area contributed by atoms with Crippen LogP contribution in [0, 0.1) is 11.8 Å². The Balaban J connectivity index is 1.62. The van der Waals surface area contributed by atoms with E-state index >= 15 is 0 Å². The number of carbonyl (C=O) groups excluding carboxylic acids is 3. The number of aliphatic hydroxyl groups is 1. The van der Waals surface area contributed by atoms with Crippen molar-refractivity contribution in [3.63, 3.8) is 0 Å². The summed E-state index contributed by atoms with van der Waals surface area (Å²) in [4.78, 5) is 48.4. The summed E-state index contributed by atoms with van der Waals surface area (Å²) >= 11 is 0. The van der Waals surface area contributed by atoms with Crippen LogP contribution in [-0.4, -0.2) is 88.3 Å². The number of likely N-dealkylation sites (tertiary alicyclic amines) is 1. The molecule has 1 spiro atoms. The van der Waals surface area contributed by atoms with Crippen LogP contribution in [-0.2, 0) is 19.1 Å². The van der Waals surface area contributed by atoms with Crippen LogP contribution in [0.4, 0.5) is 5.69 Å². The number of anilines is 1. The number of fused-ring (bicyclic) bond motifs is 2. The van der Waals surface area contributed by atoms with E-state index in [0.717, 1.165) is 12.8 Å². The Morgan fingerprint density at radius 2 is 1.66 bits per heavy atom. The largest absolute Gasteiger partial charge is 0.494 e. The average molecular weight is 566 g/mol. The molecule has 7 atom stereocenters. The minimum Gasteiger partial charge on any atom is -0.494 e. The van der Waals surface area contributed by atoms with Crippen molar-refractivity contribution >= 4 is 23.4 Å². The van der Waals surface area contributed by atoms with Crippen LogP contribution in [0.25, 0.3) is 0 Å². The molecule has 0 saturated carbocycles. The lowest BCUT2D eigenvalue weighted by Gasteiger charge is -2.41. The third kappa shape index (κ3) is 4.48. The summed E-state index contributed by atoms with van der Waals surface area (Å²) in [7, 11) is 0. The summed E-state index contributed by atoms with van der Waals surface area (Å²) in [5, 5.41) is 10.2. The first-order chi connectivity index (χ1) is 19.7. The average Bonchev–Trinajstić information content (AvgIpc) is 3.26. The number of carbonyl (C=O) groups is 3. The highest BCUT2D eigenvalue weighted by Crippen LogP contribution is 2.59. The molecule has 9 nitrogen and oxygen atoms in total. The Hall–Kier alpha value is -3.17. The summed E-state index contributed by atoms with van der Waals surface area (Å²) in [5.74, 6) is -1.78. The van der Waals surface area contributed by atoms with Gasteiger partial charge in [0.25, 0.3) is 0 Å². The van der Waals surface area contributed by atoms with Crippen LogP contribution in [0.1, 0.15) is 53.9 Å². The Morgan fingerprint density at radius 1 is 0.951 bits per heavy atom. The third-order valence-electron chi connectivity index (χ3n) is 9.35. The molecule has 4 heterocycles. The van der Waals surface area contributed by atoms with E-state index in [1.54, 1.807) is 11.8 Å². The fraction of sp³-hybridized carbons (Fsp3) is 0.594. The lowest BCUT2D eigenvalue weighted by atomic mass is 9.73. The zero-order valence-corrected chi connectivity index (χ0v) is 24.8. The lowest BCUT2D eigenvalue weighted by Crippen LogP contribution is -2.59. The summed E-state index contributed by atoms with van der Waals surface area (Å²) in [5.41, 5.74) is -1.69. The third-order valence-corrected chi connectivity index (χ3v) is 9.35. The maximum Gasteiger partial charge on any atom is 0.249 e. The van der Waals surface area contributed by atoms with Gasteiger partial charge in [0.2, 0.25) is 17.7 Å². The number of benzene rings is 1. The second-order valence-corrected chi connectivity index (χ2v) is 11.7. The van der Waals surface area contributed by atoms with Gasteiger partial charge in [0.1, 0.15) is 17.4 Å². The number of hydrogen-bond acceptors (Lipinski definition) is 6. The standard InChI is InChI=1S/C32H43N3O6/c1-6-11-21(4)33-18-10-17-32-26(29(38)35(22(5)20-36)27(32)30(33)39)25-28(37)34(19-9-16-31(25,7-2)41-32)23-12-14-24(15-13-23)40-8-3/h9-10,12-17,21-22,25-27,36H,6-8,11,18-20H2,1-5H3/t21?,22-,25-,26+,27?,31+,32+/m1/s1. The van der Waals surface area contributed by atoms with Gasteiger partial charge in [0, 0.05) is 24.8 Å². The first-order valence-corrected chi connectivity index (χ1v) is 15.0. The molecule has 1 aromatic rings. The Bertz CT molecular complexity index is 1230. The molecule has 0 aromatic heterocycles. The molecular formula is C32H43N3O6. The molecule has 41 heavy (non-hydrogen) atoms. The first-order valence-electron chi connectivity index (χ1n) is 15.0. The molecule has 3 amide bonds. The zero-order valence-electron chi connectivity index (χ0n) is 24.8. The molecule has 2 unspecified atom stereocenters. The van der Waals surface area contributed by atoms with E-state index < -0.39 is 35.1 Å². The van der Waals surface area contributed by atoms with Crippen molar-refractivity contribution in [1.29, 1.82) is 0 Å². The van der Waals surface area contributed by atoms with Gasteiger partial charge in [0.15, 0.2) is 0 Å². The Labute approximate surface area is 242 Å². The fourth-order valence-corrected chi connectivity index (χ4v) is 7.37. The quantitative estimate of drug-likeness (QED) is 0.462. The molecule has 4 aliphatic rings. The second kappa shape index (κ2) is 11.2. The van der Waals surface area contributed by atoms with Crippen molar-refractivity contribution in [2.45, 2.75) is 83.2 Å². The van der Waals surface area contributed by atoms with Gasteiger partial charge < -0.3 is 29.3 Å². The van der Waals surface area contributed by atoms with E-state index in [1.165, 1.54) is 4.90 Å². The van der Waals surface area contributed by atoms with Crippen LogP contribution in [0.3, 0.4) is 0 Å². The monoisotopic (exact) mass is 565 g/mol. The predicted octanol–water partition coefficient (Wildman–Crippen LogP) is 3.32. The van der Waals surface area contributed by atoms with Crippen molar-refractivity contribution in [3.05, 3.63) is 48.6 Å². The van der Waals surface area contributed by atoms with E-state index in [9.17, 15) is 19.5 Å². The van der Waals surface area contributed by atoms with Gasteiger partial charge in [-0.2, -0.15) is 0 Å². The summed E-state index contributed by atoms with van der Waals surface area (Å²) in [6, 6.07) is 5.74. The molecule has 0 bridgehead atoms. The molecule has 0 radical (unpaired) electrons. The molecule has 1 N–H and O–H groups in total. The van der Waals surface area contributed by atoms with Gasteiger partial charge in [0.05, 0.1) is 36.7 Å². The highest BCUT2D eigenvalue weighted by molar-refractivity contribution is 6.04. The van der Waals surface area contributed by atoms with E-state index in [4.69, 9.17) is 9.47 Å². The maximum atomic E-state index is 14.6. The van der Waals surface area contributed by atoms with E-state index in [0.29, 0.717) is 37.6 Å². The van der Waals surface area contributed by atoms with Crippen molar-refractivity contribution in [2.24, 2.45) is 11.8 Å². The molecule has 1 aromatic carbocycles. The highest BCUT2D eigenvalue weighted by Gasteiger charge is 2.75. The first kappa shape index (κ1) is 29.3. The van der Waals surface area contributed by atoms with Crippen LogP contribution < -0.4 is 9.64 Å². The smallest absolute Gasteiger partial charge is 0.249 e. The molecule has 222 valence electrons. The normalized spacial score (nSPS) is 32.4. The van der Waals surface area contributed by atoms with Crippen molar-refractivity contribution in [3.8, 4) is 5.75 Å². The maximum absolute atomic E-state index is 14.6. The number of ether oxygens (including phenoxy) is 2. The van der Waals surface area contributed by atoms with Crippen LogP contribution in [0.2, 0.25) is 0 Å². The molecule has 9 heteroatoms. The minimum absolute atomic E-state index is 0.0311. The van der Waals surface area contributed by atoms with Crippen molar-refractivity contribution < 1.29 is 29.0 Å². The summed E-state index contributed by atoms with van der Waals surface area (Å²) in [6.07, 6.45) is 9.86. The van der Waals surface area contributed by atoms with Gasteiger partial charge in [-0.1, -0.05) is 44.6 Å². The number of hydrogen-bond donors (Lipinski definition) is 1. The fourth-order valence-electron chi connectivity index (χ4n) is 7.37. The van der Waals surface area contributed by atoms with Gasteiger partial charge in [-0.25, -0.2) is 0 Å². The Morgan fingerprint density at radius 3 is 2.29 bits per heavy atom. The second-order valence-electron chi connectivity index (χ2n) is 11.7.